The molecule has 0 atom stereocenters. The first-order valence-electron chi connectivity index (χ1n) is 3.10. The van der Waals surface area contributed by atoms with Crippen molar-refractivity contribution in [3.63, 3.8) is 0 Å². The van der Waals surface area contributed by atoms with Gasteiger partial charge in [0.05, 0.1) is 0 Å². The molecule has 12 heavy (non-hydrogen) atoms. The van der Waals surface area contributed by atoms with Crippen molar-refractivity contribution in [2.24, 2.45) is 0 Å². The van der Waals surface area contributed by atoms with Crippen molar-refractivity contribution >= 4 is 13.9 Å². The van der Waals surface area contributed by atoms with Gasteiger partial charge in [0.15, 0.2) is 0 Å². The van der Waals surface area contributed by atoms with Gasteiger partial charge in [-0.25, -0.2) is 0 Å². The van der Waals surface area contributed by atoms with Gasteiger partial charge < -0.3 is 0 Å². The van der Waals surface area contributed by atoms with Gasteiger partial charge in [0.25, 0.3) is 0 Å². The maximum absolute atomic E-state index is 10.9. The number of rotatable bonds is 2. The van der Waals surface area contributed by atoms with Gasteiger partial charge in [0.1, 0.15) is 0 Å². The van der Waals surface area contributed by atoms with Gasteiger partial charge in [-0.15, -0.1) is 0 Å². The summed E-state index contributed by atoms with van der Waals surface area (Å²) in [6.45, 7) is -0.107. The Morgan fingerprint density at radius 3 is 3.17 bits per heavy atom. The summed E-state index contributed by atoms with van der Waals surface area (Å²) in [5, 5.41) is 0. The number of furan rings is 1. The average Bonchev–Trinajstić information content (AvgIpc) is 2.56. The molecule has 4 nitrogen and oxygen atoms in total. The SMILES string of the molecule is O=P#CCOC(=O)c1ccco1. The van der Waals surface area contributed by atoms with Gasteiger partial charge in [-0.3, -0.25) is 0 Å². The molecule has 0 saturated heterocycles. The van der Waals surface area contributed by atoms with Gasteiger partial charge in [-0.2, -0.15) is 0 Å². The van der Waals surface area contributed by atoms with E-state index in [1.807, 2.05) is 0 Å². The number of ether oxygens (including phenoxy) is 1. The number of esters is 1. The molecule has 0 bridgehead atoms. The summed E-state index contributed by atoms with van der Waals surface area (Å²) in [4.78, 5) is 10.9. The van der Waals surface area contributed by atoms with E-state index in [-0.39, 0.29) is 20.3 Å². The van der Waals surface area contributed by atoms with Crippen molar-refractivity contribution in [1.29, 1.82) is 0 Å². The predicted molar refractivity (Wildman–Crippen MR) is 40.5 cm³/mol. The van der Waals surface area contributed by atoms with Gasteiger partial charge >= 0.3 is 68.8 Å². The van der Waals surface area contributed by atoms with Crippen LogP contribution in [0.4, 0.5) is 0 Å². The Morgan fingerprint density at radius 1 is 1.75 bits per heavy atom. The van der Waals surface area contributed by atoms with Crippen molar-refractivity contribution in [3.8, 4) is 5.63 Å². The number of carbonyl (C=O) groups excluding carboxylic acids is 1. The van der Waals surface area contributed by atoms with E-state index in [4.69, 9.17) is 4.42 Å². The molecule has 1 aromatic heterocycles. The van der Waals surface area contributed by atoms with Gasteiger partial charge in [0, 0.05) is 0 Å². The number of carbonyl (C=O) groups is 1. The third-order valence-corrected chi connectivity index (χ3v) is 1.31. The number of hydrogen-bond donors (Lipinski definition) is 0. The number of hydrogen-bond acceptors (Lipinski definition) is 4. The van der Waals surface area contributed by atoms with Crippen LogP contribution in [0.2, 0.25) is 0 Å². The molecule has 0 spiro atoms. The Bertz CT molecular complexity index is 348. The first-order valence-corrected chi connectivity index (χ1v) is 3.91. The van der Waals surface area contributed by atoms with Crippen LogP contribution in [0.1, 0.15) is 10.6 Å². The zero-order chi connectivity index (χ0) is 8.81. The molecule has 1 rings (SSSR count). The van der Waals surface area contributed by atoms with E-state index in [0.717, 1.165) is 0 Å². The van der Waals surface area contributed by atoms with Crippen LogP contribution in [0.25, 0.3) is 0 Å². The molecule has 0 aliphatic rings. The summed E-state index contributed by atoms with van der Waals surface area (Å²) in [5.41, 5.74) is 2.27. The van der Waals surface area contributed by atoms with E-state index >= 15 is 0 Å². The minimum absolute atomic E-state index is 0.107. The Hall–Kier alpha value is -1.24. The summed E-state index contributed by atoms with van der Waals surface area (Å²) in [6, 6.07) is 3.06. The second-order valence-corrected chi connectivity index (χ2v) is 2.30. The Labute approximate surface area is 69.6 Å². The van der Waals surface area contributed by atoms with E-state index in [0.29, 0.717) is 0 Å². The first-order chi connectivity index (χ1) is 5.84. The van der Waals surface area contributed by atoms with Crippen molar-refractivity contribution in [1.82, 2.24) is 0 Å². The fourth-order valence-corrected chi connectivity index (χ4v) is 0.707. The van der Waals surface area contributed by atoms with E-state index in [1.165, 1.54) is 12.3 Å². The van der Waals surface area contributed by atoms with Crippen LogP contribution in [0.5, 0.6) is 0 Å². The van der Waals surface area contributed by atoms with Crippen LogP contribution in [-0.4, -0.2) is 12.6 Å². The first kappa shape index (κ1) is 8.85. The zero-order valence-corrected chi connectivity index (χ0v) is 6.91. The van der Waals surface area contributed by atoms with Crippen LogP contribution in [-0.2, 0) is 9.30 Å². The van der Waals surface area contributed by atoms with Crippen molar-refractivity contribution in [2.75, 3.05) is 6.61 Å². The zero-order valence-electron chi connectivity index (χ0n) is 6.02. The molecule has 0 unspecified atom stereocenters. The predicted octanol–water partition coefficient (Wildman–Crippen LogP) is 1.69. The molecule has 0 aliphatic heterocycles. The fourth-order valence-electron chi connectivity index (χ4n) is 0.590. The Morgan fingerprint density at radius 2 is 2.58 bits per heavy atom. The molecule has 0 aromatic carbocycles. The molecule has 0 fully saturated rings. The van der Waals surface area contributed by atoms with Gasteiger partial charge in [-0.1, -0.05) is 0 Å². The molecule has 0 N–H and O–H groups in total. The van der Waals surface area contributed by atoms with Crippen LogP contribution in [0.15, 0.2) is 22.8 Å². The molecular formula is C7H5O4P. The van der Waals surface area contributed by atoms with Crippen molar-refractivity contribution < 1.29 is 18.5 Å². The minimum atomic E-state index is -0.587. The molecule has 0 radical (unpaired) electrons. The third kappa shape index (κ3) is 2.42. The maximum atomic E-state index is 10.9. The monoisotopic (exact) mass is 184 g/mol. The van der Waals surface area contributed by atoms with E-state index in [9.17, 15) is 9.36 Å². The van der Waals surface area contributed by atoms with Gasteiger partial charge in [-0.05, 0) is 0 Å². The van der Waals surface area contributed by atoms with Crippen LogP contribution < -0.4 is 0 Å². The Kier molecular flexibility index (Phi) is 3.39. The second-order valence-electron chi connectivity index (χ2n) is 1.80. The quantitative estimate of drug-likeness (QED) is 0.518. The summed E-state index contributed by atoms with van der Waals surface area (Å²) in [7, 11) is -0.276. The van der Waals surface area contributed by atoms with Crippen molar-refractivity contribution in [2.45, 2.75) is 0 Å². The normalized spacial score (nSPS) is 8.67. The Balaban J connectivity index is 2.48. The van der Waals surface area contributed by atoms with Crippen LogP contribution in [0, 0.1) is 5.63 Å². The van der Waals surface area contributed by atoms with E-state index in [2.05, 4.69) is 10.4 Å². The summed E-state index contributed by atoms with van der Waals surface area (Å²) >= 11 is 0. The van der Waals surface area contributed by atoms with Crippen LogP contribution >= 0.6 is 7.92 Å². The standard InChI is InChI=1S/C7H5O4P/c8-7(11-4-5-12-9)6-2-1-3-10-6/h1-3H,4H2. The molecule has 0 aliphatic carbocycles. The molecule has 1 aromatic rings. The average molecular weight is 184 g/mol. The summed E-state index contributed by atoms with van der Waals surface area (Å²) < 4.78 is 19.2. The van der Waals surface area contributed by atoms with Crippen molar-refractivity contribution in [3.05, 3.63) is 24.2 Å². The second kappa shape index (κ2) is 4.60. The molecule has 62 valence electrons. The summed E-state index contributed by atoms with van der Waals surface area (Å²) in [5.74, 6) is -0.462. The third-order valence-electron chi connectivity index (χ3n) is 1.05. The fraction of sp³-hybridized carbons (Fsp3) is 0.143. The van der Waals surface area contributed by atoms with Crippen LogP contribution in [0.3, 0.4) is 0 Å². The van der Waals surface area contributed by atoms with Gasteiger partial charge in [0.2, 0.25) is 0 Å². The van der Waals surface area contributed by atoms with E-state index < -0.39 is 5.97 Å². The molecule has 0 saturated carbocycles. The molecule has 0 amide bonds. The molecular weight excluding hydrogens is 179 g/mol. The molecule has 5 heteroatoms. The topological polar surface area (TPSA) is 56.5 Å². The summed E-state index contributed by atoms with van der Waals surface area (Å²) in [6.07, 6.45) is 1.37. The molecule has 1 heterocycles. The van der Waals surface area contributed by atoms with E-state index in [1.54, 1.807) is 6.07 Å².